The van der Waals surface area contributed by atoms with Crippen LogP contribution in [0.3, 0.4) is 0 Å². The van der Waals surface area contributed by atoms with Gasteiger partial charge in [-0.25, -0.2) is 0 Å². The van der Waals surface area contributed by atoms with Gasteiger partial charge in [0.15, 0.2) is 5.75 Å². The number of carbonyl (C=O) groups is 1. The first-order chi connectivity index (χ1) is 15.1. The number of amides is 1. The van der Waals surface area contributed by atoms with E-state index < -0.39 is 0 Å². The molecule has 0 spiro atoms. The Morgan fingerprint density at radius 2 is 1.87 bits per heavy atom. The third kappa shape index (κ3) is 5.87. The van der Waals surface area contributed by atoms with Crippen LogP contribution in [0, 0.1) is 5.92 Å². The summed E-state index contributed by atoms with van der Waals surface area (Å²) >= 11 is 6.16. The van der Waals surface area contributed by atoms with E-state index >= 15 is 0 Å². The molecule has 1 unspecified atom stereocenters. The largest absolute Gasteiger partial charge is 0.455 e. The highest BCUT2D eigenvalue weighted by atomic mass is 35.5. The minimum absolute atomic E-state index is 0.196. The van der Waals surface area contributed by atoms with E-state index in [4.69, 9.17) is 16.3 Å². The second-order valence-electron chi connectivity index (χ2n) is 8.19. The highest BCUT2D eigenvalue weighted by Crippen LogP contribution is 2.32. The summed E-state index contributed by atoms with van der Waals surface area (Å²) in [6.45, 7) is 5.52. The maximum absolute atomic E-state index is 12.9. The molecule has 0 saturated carbocycles. The van der Waals surface area contributed by atoms with Crippen molar-refractivity contribution in [3.05, 3.63) is 88.9 Å². The van der Waals surface area contributed by atoms with Crippen molar-refractivity contribution in [3.63, 3.8) is 0 Å². The summed E-state index contributed by atoms with van der Waals surface area (Å²) in [5.74, 6) is 1.79. The molecule has 1 amide bonds. The normalized spacial score (nSPS) is 16.6. The maximum Gasteiger partial charge on any atom is 0.255 e. The zero-order valence-electron chi connectivity index (χ0n) is 17.7. The van der Waals surface area contributed by atoms with Gasteiger partial charge >= 0.3 is 0 Å². The molecule has 160 valence electrons. The number of nitrogens with one attached hydrogen (secondary N) is 1. The zero-order valence-corrected chi connectivity index (χ0v) is 18.4. The number of para-hydroxylation sites is 1. The highest BCUT2D eigenvalue weighted by molar-refractivity contribution is 6.31. The molecule has 1 aliphatic heterocycles. The van der Waals surface area contributed by atoms with Gasteiger partial charge in [-0.1, -0.05) is 48.9 Å². The molecule has 1 aliphatic rings. The van der Waals surface area contributed by atoms with Crippen molar-refractivity contribution < 1.29 is 9.53 Å². The minimum Gasteiger partial charge on any atom is -0.455 e. The molecule has 0 aromatic heterocycles. The second kappa shape index (κ2) is 9.99. The fraction of sp³-hybridized carbons (Fsp3) is 0.269. The SMILES string of the molecule is CC1CCCN(Cc2ccc(C(=O)Nc3cc(Cl)ccc3Oc3ccccc3)cc2)C1. The van der Waals surface area contributed by atoms with Gasteiger partial charge in [0.25, 0.3) is 5.91 Å². The summed E-state index contributed by atoms with van der Waals surface area (Å²) in [4.78, 5) is 15.3. The van der Waals surface area contributed by atoms with Crippen LogP contribution in [0.15, 0.2) is 72.8 Å². The van der Waals surface area contributed by atoms with Gasteiger partial charge in [-0.15, -0.1) is 0 Å². The smallest absolute Gasteiger partial charge is 0.255 e. The Hall–Kier alpha value is -2.82. The lowest BCUT2D eigenvalue weighted by Gasteiger charge is -2.30. The third-order valence-corrected chi connectivity index (χ3v) is 5.76. The molecule has 1 saturated heterocycles. The standard InChI is InChI=1S/C26H27ClN2O2/c1-19-6-5-15-29(17-19)18-20-9-11-21(12-10-20)26(30)28-24-16-22(27)13-14-25(24)31-23-7-3-2-4-8-23/h2-4,7-14,16,19H,5-6,15,17-18H2,1H3,(H,28,30). The van der Waals surface area contributed by atoms with Crippen molar-refractivity contribution >= 4 is 23.2 Å². The predicted molar refractivity (Wildman–Crippen MR) is 126 cm³/mol. The van der Waals surface area contributed by atoms with Crippen LogP contribution < -0.4 is 10.1 Å². The molecule has 0 aliphatic carbocycles. The van der Waals surface area contributed by atoms with Gasteiger partial charge < -0.3 is 10.1 Å². The van der Waals surface area contributed by atoms with Gasteiger partial charge in [0.2, 0.25) is 0 Å². The molecule has 0 bridgehead atoms. The number of anilines is 1. The minimum atomic E-state index is -0.196. The van der Waals surface area contributed by atoms with Crippen molar-refractivity contribution in [1.82, 2.24) is 4.90 Å². The Kier molecular flexibility index (Phi) is 6.90. The number of hydrogen-bond donors (Lipinski definition) is 1. The monoisotopic (exact) mass is 434 g/mol. The van der Waals surface area contributed by atoms with Crippen molar-refractivity contribution in [1.29, 1.82) is 0 Å². The molecular formula is C26H27ClN2O2. The first kappa shape index (κ1) is 21.4. The average molecular weight is 435 g/mol. The Morgan fingerprint density at radius 3 is 2.61 bits per heavy atom. The number of likely N-dealkylation sites (tertiary alicyclic amines) is 1. The molecule has 31 heavy (non-hydrogen) atoms. The van der Waals surface area contributed by atoms with Crippen molar-refractivity contribution in [2.75, 3.05) is 18.4 Å². The van der Waals surface area contributed by atoms with E-state index in [2.05, 4.69) is 17.1 Å². The Morgan fingerprint density at radius 1 is 1.10 bits per heavy atom. The lowest BCUT2D eigenvalue weighted by atomic mass is 9.99. The molecule has 3 aromatic rings. The van der Waals surface area contributed by atoms with Crippen molar-refractivity contribution in [2.45, 2.75) is 26.3 Å². The second-order valence-corrected chi connectivity index (χ2v) is 8.63. The van der Waals surface area contributed by atoms with Gasteiger partial charge in [-0.3, -0.25) is 9.69 Å². The van der Waals surface area contributed by atoms with Crippen LogP contribution in [0.2, 0.25) is 5.02 Å². The molecular weight excluding hydrogens is 408 g/mol. The first-order valence-corrected chi connectivity index (χ1v) is 11.1. The summed E-state index contributed by atoms with van der Waals surface area (Å²) in [7, 11) is 0. The molecule has 3 aromatic carbocycles. The van der Waals surface area contributed by atoms with Crippen LogP contribution in [0.5, 0.6) is 11.5 Å². The number of nitrogens with zero attached hydrogens (tertiary/aromatic N) is 1. The molecule has 4 rings (SSSR count). The van der Waals surface area contributed by atoms with E-state index in [1.807, 2.05) is 54.6 Å². The number of hydrogen-bond acceptors (Lipinski definition) is 3. The topological polar surface area (TPSA) is 41.6 Å². The Balaban J connectivity index is 1.44. The number of ether oxygens (including phenoxy) is 1. The summed E-state index contributed by atoms with van der Waals surface area (Å²) in [5, 5.41) is 3.47. The Labute approximate surface area is 188 Å². The maximum atomic E-state index is 12.9. The van der Waals surface area contributed by atoms with Gasteiger partial charge in [-0.2, -0.15) is 0 Å². The fourth-order valence-electron chi connectivity index (χ4n) is 3.95. The van der Waals surface area contributed by atoms with E-state index in [1.165, 1.54) is 18.4 Å². The summed E-state index contributed by atoms with van der Waals surface area (Å²) < 4.78 is 5.93. The van der Waals surface area contributed by atoms with E-state index in [9.17, 15) is 4.79 Å². The third-order valence-electron chi connectivity index (χ3n) is 5.52. The van der Waals surface area contributed by atoms with Crippen LogP contribution in [0.4, 0.5) is 5.69 Å². The van der Waals surface area contributed by atoms with Gasteiger partial charge in [0.1, 0.15) is 5.75 Å². The molecule has 4 nitrogen and oxygen atoms in total. The molecule has 0 radical (unpaired) electrons. The van der Waals surface area contributed by atoms with Crippen LogP contribution in [-0.2, 0) is 6.54 Å². The number of benzene rings is 3. The van der Waals surface area contributed by atoms with E-state index in [0.29, 0.717) is 27.8 Å². The average Bonchev–Trinajstić information content (AvgIpc) is 2.77. The first-order valence-electron chi connectivity index (χ1n) is 10.7. The number of halogens is 1. The van der Waals surface area contributed by atoms with E-state index in [0.717, 1.165) is 25.6 Å². The molecule has 1 N–H and O–H groups in total. The lowest BCUT2D eigenvalue weighted by Crippen LogP contribution is -2.33. The van der Waals surface area contributed by atoms with E-state index in [-0.39, 0.29) is 5.91 Å². The number of piperidine rings is 1. The fourth-order valence-corrected chi connectivity index (χ4v) is 4.12. The zero-order chi connectivity index (χ0) is 21.6. The molecule has 1 atom stereocenters. The quantitative estimate of drug-likeness (QED) is 0.474. The highest BCUT2D eigenvalue weighted by Gasteiger charge is 2.17. The van der Waals surface area contributed by atoms with Gasteiger partial charge in [0.05, 0.1) is 5.69 Å². The molecule has 1 fully saturated rings. The van der Waals surface area contributed by atoms with Gasteiger partial charge in [-0.05, 0) is 73.3 Å². The lowest BCUT2D eigenvalue weighted by molar-refractivity contribution is 0.102. The van der Waals surface area contributed by atoms with Crippen LogP contribution >= 0.6 is 11.6 Å². The molecule has 1 heterocycles. The van der Waals surface area contributed by atoms with Gasteiger partial charge in [0, 0.05) is 23.7 Å². The number of carbonyl (C=O) groups excluding carboxylic acids is 1. The van der Waals surface area contributed by atoms with Crippen LogP contribution in [-0.4, -0.2) is 23.9 Å². The van der Waals surface area contributed by atoms with Crippen LogP contribution in [0.25, 0.3) is 0 Å². The van der Waals surface area contributed by atoms with Crippen LogP contribution in [0.1, 0.15) is 35.7 Å². The summed E-state index contributed by atoms with van der Waals surface area (Å²) in [6.07, 6.45) is 2.57. The summed E-state index contributed by atoms with van der Waals surface area (Å²) in [5.41, 5.74) is 2.36. The van der Waals surface area contributed by atoms with Crippen molar-refractivity contribution in [3.8, 4) is 11.5 Å². The Bertz CT molecular complexity index is 1020. The predicted octanol–water partition coefficient (Wildman–Crippen LogP) is 6.62. The molecule has 5 heteroatoms. The number of rotatable bonds is 6. The van der Waals surface area contributed by atoms with E-state index in [1.54, 1.807) is 18.2 Å². The summed E-state index contributed by atoms with van der Waals surface area (Å²) in [6, 6.07) is 22.5. The van der Waals surface area contributed by atoms with Crippen molar-refractivity contribution in [2.24, 2.45) is 5.92 Å².